The summed E-state index contributed by atoms with van der Waals surface area (Å²) in [7, 11) is 0. The van der Waals surface area contributed by atoms with Gasteiger partial charge in [0.25, 0.3) is 0 Å². The lowest BCUT2D eigenvalue weighted by molar-refractivity contribution is 0.0659. The van der Waals surface area contributed by atoms with Crippen LogP contribution in [0.3, 0.4) is 0 Å². The first-order valence-corrected chi connectivity index (χ1v) is 14.0. The van der Waals surface area contributed by atoms with Gasteiger partial charge in [-0.3, -0.25) is 4.72 Å². The molecule has 0 spiro atoms. The molecule has 2 aromatic carbocycles. The number of carbonyl (C=O) groups is 1. The van der Waals surface area contributed by atoms with Crippen molar-refractivity contribution in [2.75, 3.05) is 11.3 Å². The van der Waals surface area contributed by atoms with Gasteiger partial charge in [0.15, 0.2) is 12.2 Å². The van der Waals surface area contributed by atoms with Gasteiger partial charge in [-0.2, -0.15) is 4.98 Å². The van der Waals surface area contributed by atoms with E-state index in [9.17, 15) is 9.90 Å². The topological polar surface area (TPSA) is 129 Å². The van der Waals surface area contributed by atoms with Gasteiger partial charge in [-0.1, -0.05) is 45.0 Å². The number of hydrogen-bond donors (Lipinski definition) is 3. The summed E-state index contributed by atoms with van der Waals surface area (Å²) in [4.78, 5) is 20.7. The highest BCUT2D eigenvalue weighted by atomic mass is 32.2. The molecule has 0 saturated heterocycles. The maximum atomic E-state index is 11.3. The van der Waals surface area contributed by atoms with Gasteiger partial charge in [0.05, 0.1) is 24.0 Å². The van der Waals surface area contributed by atoms with Crippen LogP contribution in [0.4, 0.5) is 5.95 Å². The zero-order valence-corrected chi connectivity index (χ0v) is 25.1. The van der Waals surface area contributed by atoms with E-state index in [1.165, 1.54) is 12.1 Å². The van der Waals surface area contributed by atoms with Gasteiger partial charge in [0.2, 0.25) is 11.8 Å². The number of nitrogens with zero attached hydrogens (tertiary/aromatic N) is 2. The Morgan fingerprint density at radius 2 is 1.85 bits per heavy atom. The Morgan fingerprint density at radius 1 is 1.12 bits per heavy atom. The smallest absolute Gasteiger partial charge is 0.335 e. The molecule has 40 heavy (non-hydrogen) atoms. The maximum absolute atomic E-state index is 11.3. The van der Waals surface area contributed by atoms with Gasteiger partial charge in [0.1, 0.15) is 12.4 Å². The fraction of sp³-hybridized carbons (Fsp3) is 0.433. The number of aryl methyl sites for hydroxylation is 1. The molecule has 3 aromatic rings. The Morgan fingerprint density at radius 3 is 2.52 bits per heavy atom. The van der Waals surface area contributed by atoms with Crippen molar-refractivity contribution >= 4 is 24.1 Å². The third-order valence-corrected chi connectivity index (χ3v) is 6.47. The molecule has 0 aliphatic carbocycles. The minimum atomic E-state index is -1.03. The monoisotopic (exact) mass is 568 g/mol. The van der Waals surface area contributed by atoms with Gasteiger partial charge < -0.3 is 24.5 Å². The lowest BCUT2D eigenvalue weighted by Crippen LogP contribution is -2.32. The van der Waals surface area contributed by atoms with Gasteiger partial charge in [-0.15, -0.1) is 0 Å². The van der Waals surface area contributed by atoms with E-state index >= 15 is 0 Å². The molecule has 3 rings (SSSR count). The fourth-order valence-corrected chi connectivity index (χ4v) is 4.60. The molecule has 0 bridgehead atoms. The zero-order chi connectivity index (χ0) is 29.4. The van der Waals surface area contributed by atoms with Gasteiger partial charge in [-0.05, 0) is 68.9 Å². The van der Waals surface area contributed by atoms with Crippen LogP contribution in [0, 0.1) is 19.3 Å². The number of nitrogens with one attached hydrogen (secondary N) is 1. The highest BCUT2D eigenvalue weighted by Crippen LogP contribution is 2.34. The lowest BCUT2D eigenvalue weighted by atomic mass is 9.89. The second-order valence-corrected chi connectivity index (χ2v) is 11.8. The first-order chi connectivity index (χ1) is 18.8. The predicted octanol–water partition coefficient (Wildman–Crippen LogP) is 6.58. The van der Waals surface area contributed by atoms with Gasteiger partial charge >= 0.3 is 5.97 Å². The average Bonchev–Trinajstić information content (AvgIpc) is 2.87. The third kappa shape index (κ3) is 9.11. The minimum absolute atomic E-state index is 0.0692. The average molecular weight is 569 g/mol. The van der Waals surface area contributed by atoms with Crippen LogP contribution in [0.25, 0.3) is 11.3 Å². The molecule has 216 valence electrons. The summed E-state index contributed by atoms with van der Waals surface area (Å²) in [6.07, 6.45) is 0.872. The number of rotatable bonds is 13. The van der Waals surface area contributed by atoms with E-state index in [2.05, 4.69) is 30.5 Å². The van der Waals surface area contributed by atoms with Crippen molar-refractivity contribution in [2.24, 2.45) is 11.1 Å². The number of carboxylic acids is 1. The van der Waals surface area contributed by atoms with Crippen molar-refractivity contribution in [3.05, 3.63) is 64.7 Å². The molecule has 0 fully saturated rings. The van der Waals surface area contributed by atoms with Crippen LogP contribution in [-0.2, 0) is 11.3 Å². The summed E-state index contributed by atoms with van der Waals surface area (Å²) < 4.78 is 20.8. The minimum Gasteiger partial charge on any atom is -0.478 e. The van der Waals surface area contributed by atoms with Crippen molar-refractivity contribution in [2.45, 2.75) is 73.6 Å². The van der Waals surface area contributed by atoms with E-state index in [0.29, 0.717) is 30.5 Å². The van der Waals surface area contributed by atoms with E-state index in [-0.39, 0.29) is 29.1 Å². The molecule has 4 N–H and O–H groups in total. The van der Waals surface area contributed by atoms with Crippen molar-refractivity contribution in [1.29, 1.82) is 0 Å². The van der Waals surface area contributed by atoms with Crippen LogP contribution in [0.2, 0.25) is 0 Å². The van der Waals surface area contributed by atoms with Gasteiger partial charge in [0, 0.05) is 17.2 Å². The van der Waals surface area contributed by atoms with E-state index < -0.39 is 5.97 Å². The van der Waals surface area contributed by atoms with Crippen molar-refractivity contribution < 1.29 is 23.6 Å². The first-order valence-electron chi connectivity index (χ1n) is 13.2. The quantitative estimate of drug-likeness (QED) is 0.154. The summed E-state index contributed by atoms with van der Waals surface area (Å²) in [6.45, 7) is 15.1. The van der Waals surface area contributed by atoms with Crippen LogP contribution < -0.4 is 19.4 Å². The fourth-order valence-electron chi connectivity index (χ4n) is 4.19. The highest BCUT2D eigenvalue weighted by Gasteiger charge is 2.21. The molecule has 0 saturated carbocycles. The predicted molar refractivity (Wildman–Crippen MR) is 160 cm³/mol. The van der Waals surface area contributed by atoms with Crippen LogP contribution in [0.1, 0.15) is 68.1 Å². The largest absolute Gasteiger partial charge is 0.478 e. The molecule has 0 amide bonds. The number of aromatic carboxylic acids is 1. The third-order valence-electron chi connectivity index (χ3n) is 5.93. The number of nitrogens with two attached hydrogens (primary N) is 1. The molecule has 1 aromatic heterocycles. The molecule has 1 heterocycles. The second-order valence-electron chi connectivity index (χ2n) is 11.2. The molecular weight excluding hydrogens is 528 g/mol. The van der Waals surface area contributed by atoms with E-state index in [1.807, 2.05) is 45.9 Å². The second kappa shape index (κ2) is 13.8. The van der Waals surface area contributed by atoms with Crippen molar-refractivity contribution in [3.8, 4) is 22.9 Å². The normalized spacial score (nSPS) is 12.3. The summed E-state index contributed by atoms with van der Waals surface area (Å²) in [5.41, 5.74) is 11.1. The van der Waals surface area contributed by atoms with Crippen molar-refractivity contribution in [1.82, 2.24) is 9.97 Å². The van der Waals surface area contributed by atoms with Crippen molar-refractivity contribution in [3.63, 3.8) is 0 Å². The first kappa shape index (κ1) is 31.2. The lowest BCUT2D eigenvalue weighted by Gasteiger charge is -2.23. The standard InChI is InChI=1S/C30H40N4O5S/c1-18(2)37-16-22-12-8-10-19(3)25(22)26-20(4)27(38-17-23(31)15-30(5,6)7)33-29(32-26)34-40-39-24-13-9-11-21(14-24)28(35)36/h8-14,18,23H,15-17,31H2,1-7H3,(H,35,36)(H,32,33,34)/t23-/m1/s1. The summed E-state index contributed by atoms with van der Waals surface area (Å²) >= 11 is 0.880. The Balaban J connectivity index is 1.94. The molecule has 10 heteroatoms. The molecule has 0 aliphatic heterocycles. The molecule has 0 radical (unpaired) electrons. The summed E-state index contributed by atoms with van der Waals surface area (Å²) in [5, 5.41) is 9.24. The van der Waals surface area contributed by atoms with Gasteiger partial charge in [-0.25, -0.2) is 9.78 Å². The Labute approximate surface area is 241 Å². The molecule has 0 unspecified atom stereocenters. The number of anilines is 1. The zero-order valence-electron chi connectivity index (χ0n) is 24.3. The molecular formula is C30H40N4O5S. The number of benzene rings is 2. The Bertz CT molecular complexity index is 1310. The van der Waals surface area contributed by atoms with Crippen LogP contribution in [0.15, 0.2) is 42.5 Å². The summed E-state index contributed by atoms with van der Waals surface area (Å²) in [5.74, 6) is 0.0425. The Hall–Kier alpha value is -3.34. The van der Waals surface area contributed by atoms with E-state index in [1.54, 1.807) is 12.1 Å². The molecule has 0 aliphatic rings. The number of ether oxygens (including phenoxy) is 2. The van der Waals surface area contributed by atoms with Crippen LogP contribution in [0.5, 0.6) is 11.6 Å². The Kier molecular flexibility index (Phi) is 10.8. The van der Waals surface area contributed by atoms with Crippen LogP contribution in [-0.4, -0.2) is 39.8 Å². The molecule has 9 nitrogen and oxygen atoms in total. The number of hydrogen-bond acceptors (Lipinski definition) is 9. The molecule has 1 atom stereocenters. The summed E-state index contributed by atoms with van der Waals surface area (Å²) in [6, 6.07) is 12.1. The SMILES string of the molecule is Cc1cccc(COC(C)C)c1-c1nc(NSOc2cccc(C(=O)O)c2)nc(OC[C@H](N)CC(C)(C)C)c1C. The van der Waals surface area contributed by atoms with E-state index in [4.69, 9.17) is 24.4 Å². The highest BCUT2D eigenvalue weighted by molar-refractivity contribution is 7.96. The number of carboxylic acid groups (broad SMARTS) is 1. The van der Waals surface area contributed by atoms with E-state index in [0.717, 1.165) is 40.9 Å². The maximum Gasteiger partial charge on any atom is 0.335 e. The van der Waals surface area contributed by atoms with Crippen LogP contribution >= 0.6 is 12.2 Å². The number of aromatic nitrogens is 2.